The molecule has 0 saturated carbocycles. The number of anilines is 1. The molecule has 3 heterocycles. The zero-order valence-electron chi connectivity index (χ0n) is 16.9. The zero-order chi connectivity index (χ0) is 22.4. The van der Waals surface area contributed by atoms with E-state index < -0.39 is 5.82 Å². The lowest BCUT2D eigenvalue weighted by molar-refractivity contribution is 0.561. The standard InChI is InChI=1S/C23H17ClF2N6/c1-13(14-2-4-17(25)5-3-14)32-12-16(11-28-32)21-19(24)7-6-18(22(21)26)15-8-9-31-20(10-15)29-23(27)30-31/h2-13H,1H3,(H2,27,30). The first-order valence-corrected chi connectivity index (χ1v) is 10.2. The number of hydrogen-bond donors (Lipinski definition) is 1. The van der Waals surface area contributed by atoms with Crippen molar-refractivity contribution in [3.8, 4) is 22.3 Å². The first kappa shape index (κ1) is 20.1. The molecule has 0 spiro atoms. The van der Waals surface area contributed by atoms with E-state index in [1.54, 1.807) is 59.7 Å². The summed E-state index contributed by atoms with van der Waals surface area (Å²) < 4.78 is 32.1. The minimum absolute atomic E-state index is 0.141. The number of nitrogen functional groups attached to an aromatic ring is 1. The fraction of sp³-hybridized carbons (Fsp3) is 0.0870. The summed E-state index contributed by atoms with van der Waals surface area (Å²) in [4.78, 5) is 4.13. The van der Waals surface area contributed by atoms with E-state index in [2.05, 4.69) is 15.2 Å². The summed E-state index contributed by atoms with van der Waals surface area (Å²) in [5.74, 6) is -0.634. The Labute approximate surface area is 186 Å². The smallest absolute Gasteiger partial charge is 0.240 e. The molecule has 3 aromatic heterocycles. The van der Waals surface area contributed by atoms with E-state index in [0.29, 0.717) is 22.3 Å². The van der Waals surface area contributed by atoms with E-state index in [1.165, 1.54) is 16.6 Å². The van der Waals surface area contributed by atoms with Gasteiger partial charge >= 0.3 is 0 Å². The van der Waals surface area contributed by atoms with Crippen molar-refractivity contribution >= 4 is 23.2 Å². The first-order valence-electron chi connectivity index (χ1n) is 9.81. The first-order chi connectivity index (χ1) is 15.4. The second-order valence-electron chi connectivity index (χ2n) is 7.41. The quantitative estimate of drug-likeness (QED) is 0.398. The minimum atomic E-state index is -0.469. The number of aromatic nitrogens is 5. The van der Waals surface area contributed by atoms with Gasteiger partial charge in [-0.25, -0.2) is 13.3 Å². The monoisotopic (exact) mass is 450 g/mol. The topological polar surface area (TPSA) is 74.0 Å². The highest BCUT2D eigenvalue weighted by Crippen LogP contribution is 2.37. The lowest BCUT2D eigenvalue weighted by Crippen LogP contribution is -2.06. The van der Waals surface area contributed by atoms with Crippen molar-refractivity contribution in [1.82, 2.24) is 24.4 Å². The van der Waals surface area contributed by atoms with Crippen molar-refractivity contribution in [2.45, 2.75) is 13.0 Å². The molecule has 1 unspecified atom stereocenters. The number of fused-ring (bicyclic) bond motifs is 1. The third kappa shape index (κ3) is 3.48. The van der Waals surface area contributed by atoms with Crippen molar-refractivity contribution in [3.63, 3.8) is 0 Å². The Balaban J connectivity index is 1.55. The third-order valence-electron chi connectivity index (χ3n) is 5.40. The molecule has 9 heteroatoms. The Morgan fingerprint density at radius 3 is 2.59 bits per heavy atom. The molecule has 0 radical (unpaired) electrons. The Kier molecular flexibility index (Phi) is 4.86. The van der Waals surface area contributed by atoms with Crippen molar-refractivity contribution in [2.24, 2.45) is 0 Å². The van der Waals surface area contributed by atoms with Crippen LogP contribution in [0.2, 0.25) is 5.02 Å². The van der Waals surface area contributed by atoms with E-state index in [-0.39, 0.29) is 28.4 Å². The van der Waals surface area contributed by atoms with Crippen LogP contribution >= 0.6 is 11.6 Å². The molecule has 0 aliphatic carbocycles. The molecule has 0 fully saturated rings. The summed E-state index contributed by atoms with van der Waals surface area (Å²) in [6.45, 7) is 1.93. The number of pyridine rings is 1. The number of rotatable bonds is 4. The van der Waals surface area contributed by atoms with Gasteiger partial charge in [0, 0.05) is 29.1 Å². The Hall–Kier alpha value is -3.78. The summed E-state index contributed by atoms with van der Waals surface area (Å²) in [7, 11) is 0. The molecule has 5 rings (SSSR count). The molecule has 32 heavy (non-hydrogen) atoms. The normalized spacial score (nSPS) is 12.4. The van der Waals surface area contributed by atoms with Gasteiger partial charge in [0.05, 0.1) is 17.3 Å². The molecule has 1 atom stereocenters. The van der Waals surface area contributed by atoms with E-state index in [1.807, 2.05) is 6.92 Å². The van der Waals surface area contributed by atoms with Gasteiger partial charge in [-0.15, -0.1) is 5.10 Å². The fourth-order valence-corrected chi connectivity index (χ4v) is 3.93. The van der Waals surface area contributed by atoms with Crippen LogP contribution < -0.4 is 5.73 Å². The SMILES string of the molecule is CC(c1ccc(F)cc1)n1cc(-c2c(Cl)ccc(-c3ccn4nc(N)nc4c3)c2F)cn1. The average Bonchev–Trinajstić information content (AvgIpc) is 3.39. The average molecular weight is 451 g/mol. The third-order valence-corrected chi connectivity index (χ3v) is 5.71. The molecule has 0 amide bonds. The van der Waals surface area contributed by atoms with Crippen molar-refractivity contribution in [2.75, 3.05) is 5.73 Å². The lowest BCUT2D eigenvalue weighted by Gasteiger charge is -2.13. The Morgan fingerprint density at radius 2 is 1.81 bits per heavy atom. The van der Waals surface area contributed by atoms with Crippen LogP contribution in [0.3, 0.4) is 0 Å². The van der Waals surface area contributed by atoms with Gasteiger partial charge in [0.2, 0.25) is 5.95 Å². The zero-order valence-corrected chi connectivity index (χ0v) is 17.6. The van der Waals surface area contributed by atoms with Crippen LogP contribution in [-0.4, -0.2) is 24.4 Å². The lowest BCUT2D eigenvalue weighted by atomic mass is 10.00. The summed E-state index contributed by atoms with van der Waals surface area (Å²) in [5, 5.41) is 8.69. The van der Waals surface area contributed by atoms with Crippen LogP contribution in [0.25, 0.3) is 27.9 Å². The molecule has 2 aromatic carbocycles. The van der Waals surface area contributed by atoms with Crippen LogP contribution in [0.4, 0.5) is 14.7 Å². The molecule has 160 valence electrons. The van der Waals surface area contributed by atoms with Crippen molar-refractivity contribution < 1.29 is 8.78 Å². The molecular formula is C23H17ClF2N6. The maximum atomic E-state index is 15.7. The second kappa shape index (κ2) is 7.72. The number of benzene rings is 2. The fourth-order valence-electron chi connectivity index (χ4n) is 3.68. The van der Waals surface area contributed by atoms with Crippen molar-refractivity contribution in [1.29, 1.82) is 0 Å². The number of nitrogens with zero attached hydrogens (tertiary/aromatic N) is 5. The maximum Gasteiger partial charge on any atom is 0.240 e. The number of hydrogen-bond acceptors (Lipinski definition) is 4. The maximum absolute atomic E-state index is 15.7. The summed E-state index contributed by atoms with van der Waals surface area (Å²) in [5.41, 5.74) is 8.81. The molecular weight excluding hydrogens is 434 g/mol. The molecule has 2 N–H and O–H groups in total. The number of halogens is 3. The predicted octanol–water partition coefficient (Wildman–Crippen LogP) is 5.38. The van der Waals surface area contributed by atoms with Gasteiger partial charge in [-0.2, -0.15) is 10.1 Å². The van der Waals surface area contributed by atoms with Crippen LogP contribution in [0.1, 0.15) is 18.5 Å². The van der Waals surface area contributed by atoms with Gasteiger partial charge in [0.25, 0.3) is 0 Å². The van der Waals surface area contributed by atoms with Crippen LogP contribution in [0.5, 0.6) is 0 Å². The van der Waals surface area contributed by atoms with Gasteiger partial charge in [0.1, 0.15) is 11.6 Å². The van der Waals surface area contributed by atoms with E-state index >= 15 is 4.39 Å². The van der Waals surface area contributed by atoms with Gasteiger partial charge in [-0.3, -0.25) is 4.68 Å². The molecule has 0 aliphatic heterocycles. The van der Waals surface area contributed by atoms with Crippen molar-refractivity contribution in [3.05, 3.63) is 89.3 Å². The highest BCUT2D eigenvalue weighted by molar-refractivity contribution is 6.33. The molecule has 0 aliphatic rings. The summed E-state index contributed by atoms with van der Waals surface area (Å²) in [6.07, 6.45) is 4.96. The van der Waals surface area contributed by atoms with E-state index in [0.717, 1.165) is 5.56 Å². The largest absolute Gasteiger partial charge is 0.366 e. The van der Waals surface area contributed by atoms with Gasteiger partial charge in [-0.05, 0) is 54.4 Å². The Bertz CT molecular complexity index is 1440. The Morgan fingerprint density at radius 1 is 1.03 bits per heavy atom. The van der Waals surface area contributed by atoms with Gasteiger partial charge < -0.3 is 5.73 Å². The van der Waals surface area contributed by atoms with Crippen LogP contribution in [0, 0.1) is 11.6 Å². The molecule has 6 nitrogen and oxygen atoms in total. The highest BCUT2D eigenvalue weighted by atomic mass is 35.5. The molecule has 0 bridgehead atoms. The molecule has 5 aromatic rings. The van der Waals surface area contributed by atoms with Gasteiger partial charge in [-0.1, -0.05) is 23.7 Å². The highest BCUT2D eigenvalue weighted by Gasteiger charge is 2.19. The van der Waals surface area contributed by atoms with E-state index in [9.17, 15) is 4.39 Å². The number of nitrogens with two attached hydrogens (primary N) is 1. The second-order valence-corrected chi connectivity index (χ2v) is 7.82. The summed E-state index contributed by atoms with van der Waals surface area (Å²) >= 11 is 6.38. The summed E-state index contributed by atoms with van der Waals surface area (Å²) in [6, 6.07) is 12.7. The van der Waals surface area contributed by atoms with Crippen LogP contribution in [-0.2, 0) is 0 Å². The minimum Gasteiger partial charge on any atom is -0.366 e. The molecule has 0 saturated heterocycles. The predicted molar refractivity (Wildman–Crippen MR) is 119 cm³/mol. The van der Waals surface area contributed by atoms with E-state index in [4.69, 9.17) is 17.3 Å². The van der Waals surface area contributed by atoms with Gasteiger partial charge in [0.15, 0.2) is 5.65 Å². The van der Waals surface area contributed by atoms with Crippen LogP contribution in [0.15, 0.2) is 67.1 Å².